The maximum absolute atomic E-state index is 5.47. The van der Waals surface area contributed by atoms with E-state index in [4.69, 9.17) is 13.6 Å². The average Bonchev–Trinajstić information content (AvgIpc) is 2.18. The summed E-state index contributed by atoms with van der Waals surface area (Å²) in [6, 6.07) is 0. The molecule has 5 heteroatoms. The molecule has 0 aromatic rings. The highest BCUT2D eigenvalue weighted by Gasteiger charge is 2.12. The van der Waals surface area contributed by atoms with Gasteiger partial charge in [0.2, 0.25) is 0 Å². The van der Waals surface area contributed by atoms with Crippen molar-refractivity contribution in [3.8, 4) is 0 Å². The van der Waals surface area contributed by atoms with Gasteiger partial charge in [-0.1, -0.05) is 0 Å². The zero-order valence-corrected chi connectivity index (χ0v) is 10.5. The zero-order chi connectivity index (χ0) is 10.6. The Kier molecular flexibility index (Phi) is 11.2. The van der Waals surface area contributed by atoms with E-state index >= 15 is 0 Å². The molecule has 0 aromatic carbocycles. The van der Waals surface area contributed by atoms with Gasteiger partial charge in [-0.15, -0.1) is 0 Å². The van der Waals surface area contributed by atoms with Gasteiger partial charge in [0.05, 0.1) is 6.61 Å². The predicted molar refractivity (Wildman–Crippen MR) is 58.4 cm³/mol. The van der Waals surface area contributed by atoms with Crippen LogP contribution in [-0.4, -0.2) is 48.4 Å². The quantitative estimate of drug-likeness (QED) is 0.435. The molecule has 14 heavy (non-hydrogen) atoms. The van der Waals surface area contributed by atoms with Crippen LogP contribution in [0.5, 0.6) is 0 Å². The molecule has 0 saturated heterocycles. The third-order valence-corrected chi connectivity index (χ3v) is 3.27. The van der Waals surface area contributed by atoms with Crippen molar-refractivity contribution in [2.75, 3.05) is 39.1 Å². The Morgan fingerprint density at radius 2 is 1.64 bits per heavy atom. The molecule has 4 nitrogen and oxygen atoms in total. The fraction of sp³-hybridized carbons (Fsp3) is 1.00. The summed E-state index contributed by atoms with van der Waals surface area (Å²) in [4.78, 5) is 0. The van der Waals surface area contributed by atoms with Crippen molar-refractivity contribution in [2.24, 2.45) is 0 Å². The Hall–Kier alpha value is 0.0569. The largest absolute Gasteiger partial charge is 0.399 e. The highest BCUT2D eigenvalue weighted by Crippen LogP contribution is 1.87. The summed E-state index contributed by atoms with van der Waals surface area (Å²) in [5, 5.41) is 3.26. The summed E-state index contributed by atoms with van der Waals surface area (Å²) in [7, 11) is -1.10. The number of rotatable bonds is 10. The molecule has 0 unspecified atom stereocenters. The Morgan fingerprint density at radius 1 is 1.00 bits per heavy atom. The van der Waals surface area contributed by atoms with Crippen molar-refractivity contribution in [1.29, 1.82) is 0 Å². The van der Waals surface area contributed by atoms with Crippen LogP contribution >= 0.6 is 0 Å². The van der Waals surface area contributed by atoms with Crippen LogP contribution in [0.3, 0.4) is 0 Å². The second-order valence-electron chi connectivity index (χ2n) is 2.61. The maximum Gasteiger partial charge on any atom is 0.399 e. The first-order valence-electron chi connectivity index (χ1n) is 5.24. The topological polar surface area (TPSA) is 39.7 Å². The van der Waals surface area contributed by atoms with Gasteiger partial charge in [-0.05, 0) is 20.8 Å². The minimum absolute atomic E-state index is 0.724. The fourth-order valence-electron chi connectivity index (χ4n) is 0.945. The fourth-order valence-corrected chi connectivity index (χ4v) is 2.26. The molecule has 85 valence electrons. The van der Waals surface area contributed by atoms with Gasteiger partial charge in [0.15, 0.2) is 0 Å². The number of ether oxygens (including phenoxy) is 1. The smallest absolute Gasteiger partial charge is 0.393 e. The molecule has 0 fully saturated rings. The van der Waals surface area contributed by atoms with Crippen molar-refractivity contribution < 1.29 is 13.6 Å². The van der Waals surface area contributed by atoms with Crippen molar-refractivity contribution in [3.63, 3.8) is 0 Å². The van der Waals surface area contributed by atoms with Gasteiger partial charge in [-0.25, -0.2) is 0 Å². The van der Waals surface area contributed by atoms with Gasteiger partial charge in [0, 0.05) is 32.5 Å². The lowest BCUT2D eigenvalue weighted by atomic mass is 10.7. The molecule has 0 saturated carbocycles. The van der Waals surface area contributed by atoms with Crippen LogP contribution in [0.2, 0.25) is 0 Å². The first-order valence-corrected chi connectivity index (χ1v) is 6.77. The molecular formula is C9H22NO3Si. The van der Waals surface area contributed by atoms with E-state index in [2.05, 4.69) is 5.32 Å². The summed E-state index contributed by atoms with van der Waals surface area (Å²) >= 11 is 0. The number of hydrogen-bond acceptors (Lipinski definition) is 4. The highest BCUT2D eigenvalue weighted by atomic mass is 28.3. The zero-order valence-electron chi connectivity index (χ0n) is 9.47. The first-order chi connectivity index (χ1) is 6.85. The molecular weight excluding hydrogens is 198 g/mol. The Labute approximate surface area is 88.8 Å². The molecule has 0 bridgehead atoms. The minimum atomic E-state index is -1.10. The van der Waals surface area contributed by atoms with Gasteiger partial charge in [-0.2, -0.15) is 0 Å². The van der Waals surface area contributed by atoms with E-state index in [0.29, 0.717) is 0 Å². The van der Waals surface area contributed by atoms with Crippen LogP contribution in [0.1, 0.15) is 20.8 Å². The van der Waals surface area contributed by atoms with Gasteiger partial charge >= 0.3 is 9.28 Å². The van der Waals surface area contributed by atoms with Gasteiger partial charge < -0.3 is 18.9 Å². The van der Waals surface area contributed by atoms with Crippen molar-refractivity contribution in [3.05, 3.63) is 0 Å². The van der Waals surface area contributed by atoms with Crippen molar-refractivity contribution >= 4 is 9.28 Å². The van der Waals surface area contributed by atoms with Crippen LogP contribution in [0.4, 0.5) is 0 Å². The second kappa shape index (κ2) is 11.1. The molecule has 0 atom stereocenters. The third-order valence-electron chi connectivity index (χ3n) is 1.51. The second-order valence-corrected chi connectivity index (χ2v) is 4.29. The van der Waals surface area contributed by atoms with E-state index in [0.717, 1.165) is 39.1 Å². The summed E-state index contributed by atoms with van der Waals surface area (Å²) < 4.78 is 16.1. The van der Waals surface area contributed by atoms with Gasteiger partial charge in [-0.3, -0.25) is 0 Å². The van der Waals surface area contributed by atoms with E-state index < -0.39 is 9.28 Å². The number of nitrogens with one attached hydrogen (secondary N) is 1. The summed E-state index contributed by atoms with van der Waals surface area (Å²) in [6.07, 6.45) is 0.819. The molecule has 0 aliphatic rings. The first kappa shape index (κ1) is 14.1. The van der Waals surface area contributed by atoms with E-state index in [9.17, 15) is 0 Å². The molecule has 0 aliphatic heterocycles. The Bertz CT molecular complexity index is 110. The predicted octanol–water partition coefficient (Wildman–Crippen LogP) is 0.713. The summed E-state index contributed by atoms with van der Waals surface area (Å²) in [5.74, 6) is 0. The number of hydrogen-bond donors (Lipinski definition) is 1. The molecule has 0 spiro atoms. The van der Waals surface area contributed by atoms with E-state index in [1.807, 2.05) is 20.8 Å². The van der Waals surface area contributed by atoms with Crippen LogP contribution < -0.4 is 5.32 Å². The van der Waals surface area contributed by atoms with Gasteiger partial charge in [0.1, 0.15) is 0 Å². The maximum atomic E-state index is 5.47. The molecule has 1 N–H and O–H groups in total. The van der Waals surface area contributed by atoms with Crippen LogP contribution in [-0.2, 0) is 13.6 Å². The van der Waals surface area contributed by atoms with Crippen molar-refractivity contribution in [2.45, 2.75) is 20.8 Å². The third kappa shape index (κ3) is 8.65. The van der Waals surface area contributed by atoms with Crippen molar-refractivity contribution in [1.82, 2.24) is 5.32 Å². The molecule has 0 rings (SSSR count). The lowest BCUT2D eigenvalue weighted by Crippen LogP contribution is -2.37. The Balaban J connectivity index is 3.30. The summed E-state index contributed by atoms with van der Waals surface area (Å²) in [6.45, 7) is 9.81. The molecule has 0 heterocycles. The van der Waals surface area contributed by atoms with Crippen LogP contribution in [0, 0.1) is 0 Å². The van der Waals surface area contributed by atoms with E-state index in [1.54, 1.807) is 0 Å². The lowest BCUT2D eigenvalue weighted by Gasteiger charge is -2.13. The van der Waals surface area contributed by atoms with Crippen LogP contribution in [0.15, 0.2) is 0 Å². The van der Waals surface area contributed by atoms with E-state index in [-0.39, 0.29) is 0 Å². The molecule has 0 aromatic heterocycles. The lowest BCUT2D eigenvalue weighted by molar-refractivity contribution is 0.149. The van der Waals surface area contributed by atoms with Gasteiger partial charge in [0.25, 0.3) is 0 Å². The standard InChI is InChI=1S/C9H22NO3Si/c1-4-11-8-7-10-9-14(12-5-2)13-6-3/h10H,4-9H2,1-3H3. The SMILES string of the molecule is CCOCCNC[Si](OCC)OCC. The normalized spacial score (nSPS) is 11.1. The van der Waals surface area contributed by atoms with E-state index in [1.165, 1.54) is 0 Å². The highest BCUT2D eigenvalue weighted by molar-refractivity contribution is 6.44. The minimum Gasteiger partial charge on any atom is -0.393 e. The van der Waals surface area contributed by atoms with Crippen LogP contribution in [0.25, 0.3) is 0 Å². The molecule has 0 aliphatic carbocycles. The molecule has 0 amide bonds. The monoisotopic (exact) mass is 220 g/mol. The summed E-state index contributed by atoms with van der Waals surface area (Å²) in [5.41, 5.74) is 0. The molecule has 1 radical (unpaired) electrons. The Morgan fingerprint density at radius 3 is 2.14 bits per heavy atom. The average molecular weight is 220 g/mol.